The number of nitrogens with one attached hydrogen (secondary N) is 1. The summed E-state index contributed by atoms with van der Waals surface area (Å²) in [6.07, 6.45) is 3.29. The summed E-state index contributed by atoms with van der Waals surface area (Å²) in [7, 11) is 0. The van der Waals surface area contributed by atoms with Gasteiger partial charge in [0.25, 0.3) is 5.91 Å². The number of aromatic nitrogens is 2. The lowest BCUT2D eigenvalue weighted by atomic mass is 10.0. The monoisotopic (exact) mass is 256 g/mol. The van der Waals surface area contributed by atoms with Crippen LogP contribution >= 0.6 is 11.3 Å². The van der Waals surface area contributed by atoms with Gasteiger partial charge in [-0.25, -0.2) is 0 Å². The molecule has 96 valence electrons. The summed E-state index contributed by atoms with van der Waals surface area (Å²) in [5.74, 6) is 0.525. The largest absolute Gasteiger partial charge is 0.374 e. The zero-order valence-electron chi connectivity index (χ0n) is 10.6. The van der Waals surface area contributed by atoms with Gasteiger partial charge in [-0.2, -0.15) is 0 Å². The van der Waals surface area contributed by atoms with Crippen molar-refractivity contribution in [1.29, 1.82) is 0 Å². The third kappa shape index (κ3) is 5.12. The van der Waals surface area contributed by atoms with E-state index in [1.165, 1.54) is 6.42 Å². The molecule has 5 nitrogen and oxygen atoms in total. The predicted molar refractivity (Wildman–Crippen MR) is 69.9 cm³/mol. The van der Waals surface area contributed by atoms with Gasteiger partial charge in [0.2, 0.25) is 10.1 Å². The molecule has 3 N–H and O–H groups in total. The summed E-state index contributed by atoms with van der Waals surface area (Å²) in [6.45, 7) is 6.41. The van der Waals surface area contributed by atoms with E-state index >= 15 is 0 Å². The lowest BCUT2D eigenvalue weighted by Crippen LogP contribution is -2.32. The third-order valence-corrected chi connectivity index (χ3v) is 3.18. The summed E-state index contributed by atoms with van der Waals surface area (Å²) >= 11 is 1.11. The minimum atomic E-state index is -0.184. The van der Waals surface area contributed by atoms with E-state index in [9.17, 15) is 4.79 Å². The van der Waals surface area contributed by atoms with Crippen LogP contribution in [0.25, 0.3) is 0 Å². The maximum Gasteiger partial charge on any atom is 0.282 e. The highest BCUT2D eigenvalue weighted by Gasteiger charge is 2.14. The van der Waals surface area contributed by atoms with Gasteiger partial charge in [0.15, 0.2) is 0 Å². The van der Waals surface area contributed by atoms with E-state index in [0.717, 1.165) is 24.2 Å². The highest BCUT2D eigenvalue weighted by atomic mass is 32.1. The minimum absolute atomic E-state index is 0.159. The SMILES string of the molecule is CC(C)CCCC(C)NC(=O)c1nnc(N)s1. The maximum absolute atomic E-state index is 11.7. The molecule has 0 spiro atoms. The molecule has 1 aromatic heterocycles. The number of anilines is 1. The first-order valence-corrected chi connectivity index (χ1v) is 6.70. The van der Waals surface area contributed by atoms with Gasteiger partial charge < -0.3 is 11.1 Å². The van der Waals surface area contributed by atoms with Crippen LogP contribution in [0.5, 0.6) is 0 Å². The summed E-state index contributed by atoms with van der Waals surface area (Å²) < 4.78 is 0. The van der Waals surface area contributed by atoms with Gasteiger partial charge in [-0.15, -0.1) is 10.2 Å². The normalized spacial score (nSPS) is 12.7. The van der Waals surface area contributed by atoms with Gasteiger partial charge in [0, 0.05) is 6.04 Å². The van der Waals surface area contributed by atoms with Crippen molar-refractivity contribution < 1.29 is 4.79 Å². The van der Waals surface area contributed by atoms with Crippen LogP contribution in [0.2, 0.25) is 0 Å². The average molecular weight is 256 g/mol. The van der Waals surface area contributed by atoms with E-state index in [4.69, 9.17) is 5.73 Å². The quantitative estimate of drug-likeness (QED) is 0.816. The van der Waals surface area contributed by atoms with Crippen molar-refractivity contribution in [2.75, 3.05) is 5.73 Å². The van der Waals surface area contributed by atoms with Crippen LogP contribution in [0.3, 0.4) is 0 Å². The molecule has 0 aromatic carbocycles. The molecular weight excluding hydrogens is 236 g/mol. The van der Waals surface area contributed by atoms with Gasteiger partial charge in [0.05, 0.1) is 0 Å². The van der Waals surface area contributed by atoms with Gasteiger partial charge in [-0.05, 0) is 19.3 Å². The Hall–Kier alpha value is -1.17. The Balaban J connectivity index is 2.31. The Morgan fingerprint density at radius 2 is 2.06 bits per heavy atom. The van der Waals surface area contributed by atoms with Gasteiger partial charge in [0.1, 0.15) is 0 Å². The first kappa shape index (κ1) is 13.9. The molecule has 17 heavy (non-hydrogen) atoms. The number of nitrogen functional groups attached to an aromatic ring is 1. The second-order valence-corrected chi connectivity index (χ2v) is 5.65. The molecule has 1 aromatic rings. The van der Waals surface area contributed by atoms with Crippen LogP contribution < -0.4 is 11.1 Å². The Morgan fingerprint density at radius 1 is 1.35 bits per heavy atom. The fraction of sp³-hybridized carbons (Fsp3) is 0.727. The molecule has 1 atom stereocenters. The van der Waals surface area contributed by atoms with Gasteiger partial charge in [-0.1, -0.05) is 38.0 Å². The second kappa shape index (κ2) is 6.54. The molecular formula is C11H20N4OS. The molecule has 1 unspecified atom stereocenters. The number of nitrogens with two attached hydrogens (primary N) is 1. The van der Waals surface area contributed by atoms with E-state index in [-0.39, 0.29) is 11.9 Å². The molecule has 0 aliphatic carbocycles. The summed E-state index contributed by atoms with van der Waals surface area (Å²) in [4.78, 5) is 11.7. The topological polar surface area (TPSA) is 80.9 Å². The van der Waals surface area contributed by atoms with E-state index in [2.05, 4.69) is 29.4 Å². The van der Waals surface area contributed by atoms with E-state index in [1.54, 1.807) is 0 Å². The molecule has 0 fully saturated rings. The zero-order chi connectivity index (χ0) is 12.8. The number of rotatable bonds is 6. The molecule has 0 aliphatic rings. The summed E-state index contributed by atoms with van der Waals surface area (Å²) in [6, 6.07) is 0.159. The van der Waals surface area contributed by atoms with Crippen LogP contribution in [0.4, 0.5) is 5.13 Å². The van der Waals surface area contributed by atoms with Gasteiger partial charge >= 0.3 is 0 Å². The minimum Gasteiger partial charge on any atom is -0.374 e. The van der Waals surface area contributed by atoms with Crippen molar-refractivity contribution in [1.82, 2.24) is 15.5 Å². The predicted octanol–water partition coefficient (Wildman–Crippen LogP) is 2.06. The lowest BCUT2D eigenvalue weighted by Gasteiger charge is -2.13. The smallest absolute Gasteiger partial charge is 0.282 e. The standard InChI is InChI=1S/C11H20N4OS/c1-7(2)5-4-6-8(3)13-9(16)10-14-15-11(12)17-10/h7-8H,4-6H2,1-3H3,(H2,12,15)(H,13,16). The number of amides is 1. The van der Waals surface area contributed by atoms with Crippen molar-refractivity contribution >= 4 is 22.4 Å². The summed E-state index contributed by atoms with van der Waals surface area (Å²) in [5.41, 5.74) is 5.43. The number of hydrogen-bond acceptors (Lipinski definition) is 5. The lowest BCUT2D eigenvalue weighted by molar-refractivity contribution is 0.0936. The maximum atomic E-state index is 11.7. The van der Waals surface area contributed by atoms with E-state index in [1.807, 2.05) is 6.92 Å². The van der Waals surface area contributed by atoms with Crippen molar-refractivity contribution in [3.63, 3.8) is 0 Å². The number of nitrogens with zero attached hydrogens (tertiary/aromatic N) is 2. The van der Waals surface area contributed by atoms with Crippen molar-refractivity contribution in [2.24, 2.45) is 5.92 Å². The number of carbonyl (C=O) groups excluding carboxylic acids is 1. The van der Waals surface area contributed by atoms with Crippen molar-refractivity contribution in [3.05, 3.63) is 5.01 Å². The number of carbonyl (C=O) groups is 1. The molecule has 0 saturated heterocycles. The molecule has 0 saturated carbocycles. The molecule has 0 radical (unpaired) electrons. The Labute approximate surface area is 106 Å². The Bertz CT molecular complexity index is 364. The van der Waals surface area contributed by atoms with Crippen LogP contribution in [0.1, 0.15) is 49.8 Å². The fourth-order valence-electron chi connectivity index (χ4n) is 1.52. The van der Waals surface area contributed by atoms with Crippen LogP contribution in [-0.4, -0.2) is 22.1 Å². The summed E-state index contributed by atoms with van der Waals surface area (Å²) in [5, 5.41) is 10.9. The first-order chi connectivity index (χ1) is 7.99. The second-order valence-electron chi connectivity index (χ2n) is 4.64. The molecule has 0 aliphatic heterocycles. The molecule has 6 heteroatoms. The van der Waals surface area contributed by atoms with E-state index < -0.39 is 0 Å². The molecule has 1 rings (SSSR count). The number of hydrogen-bond donors (Lipinski definition) is 2. The van der Waals surface area contributed by atoms with Crippen LogP contribution in [-0.2, 0) is 0 Å². The highest BCUT2D eigenvalue weighted by molar-refractivity contribution is 7.16. The van der Waals surface area contributed by atoms with Crippen molar-refractivity contribution in [2.45, 2.75) is 46.1 Å². The molecule has 1 amide bonds. The highest BCUT2D eigenvalue weighted by Crippen LogP contribution is 2.12. The van der Waals surface area contributed by atoms with Gasteiger partial charge in [-0.3, -0.25) is 4.79 Å². The van der Waals surface area contributed by atoms with Crippen LogP contribution in [0, 0.1) is 5.92 Å². The van der Waals surface area contributed by atoms with Crippen molar-refractivity contribution in [3.8, 4) is 0 Å². The fourth-order valence-corrected chi connectivity index (χ4v) is 2.03. The first-order valence-electron chi connectivity index (χ1n) is 5.89. The Morgan fingerprint density at radius 3 is 2.59 bits per heavy atom. The Kier molecular flexibility index (Phi) is 5.34. The zero-order valence-corrected chi connectivity index (χ0v) is 11.4. The molecule has 1 heterocycles. The van der Waals surface area contributed by atoms with E-state index in [0.29, 0.717) is 16.1 Å². The average Bonchev–Trinajstić information content (AvgIpc) is 2.64. The third-order valence-electron chi connectivity index (χ3n) is 2.43. The van der Waals surface area contributed by atoms with Crippen LogP contribution in [0.15, 0.2) is 0 Å². The molecule has 0 bridgehead atoms.